The Kier molecular flexibility index (Phi) is 8.01. The molecule has 0 bridgehead atoms. The molecule has 2 aromatic rings. The van der Waals surface area contributed by atoms with E-state index in [0.29, 0.717) is 12.2 Å². The molecule has 144 valence electrons. The maximum absolute atomic E-state index is 12.4. The van der Waals surface area contributed by atoms with Crippen LogP contribution in [0.3, 0.4) is 0 Å². The summed E-state index contributed by atoms with van der Waals surface area (Å²) >= 11 is 0. The molecule has 0 saturated heterocycles. The van der Waals surface area contributed by atoms with Gasteiger partial charge >= 0.3 is 0 Å². The van der Waals surface area contributed by atoms with Crippen molar-refractivity contribution >= 4 is 11.7 Å². The molecule has 2 N–H and O–H groups in total. The van der Waals surface area contributed by atoms with Gasteiger partial charge in [-0.3, -0.25) is 9.59 Å². The first-order valence-electron chi connectivity index (χ1n) is 9.39. The number of nitrogens with one attached hydrogen (secondary N) is 2. The lowest BCUT2D eigenvalue weighted by Gasteiger charge is -2.20. The van der Waals surface area contributed by atoms with Gasteiger partial charge in [0.1, 0.15) is 18.3 Å². The second-order valence-corrected chi connectivity index (χ2v) is 6.82. The lowest BCUT2D eigenvalue weighted by atomic mass is 10.0. The zero-order chi connectivity index (χ0) is 19.6. The third-order valence-corrected chi connectivity index (χ3v) is 4.22. The van der Waals surface area contributed by atoms with E-state index >= 15 is 0 Å². The normalized spacial score (nSPS) is 11.9. The fourth-order valence-corrected chi connectivity index (χ4v) is 2.89. The molecule has 2 rings (SSSR count). The Morgan fingerprint density at radius 2 is 1.67 bits per heavy atom. The third kappa shape index (κ3) is 6.87. The van der Waals surface area contributed by atoms with E-state index in [4.69, 9.17) is 4.74 Å². The van der Waals surface area contributed by atoms with Gasteiger partial charge in [0.05, 0.1) is 20.7 Å². The zero-order valence-electron chi connectivity index (χ0n) is 16.3. The van der Waals surface area contributed by atoms with Crippen LogP contribution >= 0.6 is 0 Å². The minimum Gasteiger partial charge on any atom is -0.494 e. The Morgan fingerprint density at radius 3 is 2.26 bits per heavy atom. The number of amides is 1. The number of Topliss-reactive ketones (excluding diaryl/α,β-unsaturated/α-hetero) is 1. The molecule has 0 saturated carbocycles. The summed E-state index contributed by atoms with van der Waals surface area (Å²) in [6.45, 7) is 3.28. The summed E-state index contributed by atoms with van der Waals surface area (Å²) in [5.74, 6) is 0.593. The van der Waals surface area contributed by atoms with Crippen LogP contribution in [0, 0.1) is 0 Å². The summed E-state index contributed by atoms with van der Waals surface area (Å²) in [5.41, 5.74) is 1.67. The van der Waals surface area contributed by atoms with Gasteiger partial charge < -0.3 is 15.0 Å². The second kappa shape index (κ2) is 10.5. The van der Waals surface area contributed by atoms with Crippen molar-refractivity contribution < 1.29 is 19.2 Å². The van der Waals surface area contributed by atoms with Crippen LogP contribution in [-0.4, -0.2) is 38.9 Å². The van der Waals surface area contributed by atoms with Gasteiger partial charge in [0.15, 0.2) is 5.78 Å². The maximum atomic E-state index is 12.4. The van der Waals surface area contributed by atoms with Crippen LogP contribution in [0.4, 0.5) is 0 Å². The van der Waals surface area contributed by atoms with E-state index in [1.807, 2.05) is 37.3 Å². The first kappa shape index (κ1) is 20.6. The highest BCUT2D eigenvalue weighted by Gasteiger charge is 2.18. The predicted octanol–water partition coefficient (Wildman–Crippen LogP) is 2.05. The van der Waals surface area contributed by atoms with Crippen LogP contribution in [0.1, 0.15) is 41.7 Å². The monoisotopic (exact) mass is 369 g/mol. The minimum absolute atomic E-state index is 0.0392. The fourth-order valence-electron chi connectivity index (χ4n) is 2.89. The molecule has 0 unspecified atom stereocenters. The van der Waals surface area contributed by atoms with Gasteiger partial charge in [0.2, 0.25) is 5.91 Å². The number of quaternary nitrogens is 1. The van der Waals surface area contributed by atoms with Crippen molar-refractivity contribution in [1.29, 1.82) is 0 Å². The average molecular weight is 369 g/mol. The topological polar surface area (TPSA) is 59.8 Å². The van der Waals surface area contributed by atoms with Crippen LogP contribution < -0.4 is 15.0 Å². The van der Waals surface area contributed by atoms with Gasteiger partial charge in [-0.2, -0.15) is 0 Å². The molecule has 2 aromatic carbocycles. The van der Waals surface area contributed by atoms with Crippen molar-refractivity contribution in [2.24, 2.45) is 0 Å². The zero-order valence-corrected chi connectivity index (χ0v) is 16.3. The Labute approximate surface area is 161 Å². The van der Waals surface area contributed by atoms with Gasteiger partial charge in [0.25, 0.3) is 0 Å². The number of carbonyl (C=O) groups is 2. The number of carbonyl (C=O) groups excluding carboxylic acids is 2. The molecule has 0 radical (unpaired) electrons. The molecule has 0 aliphatic carbocycles. The van der Waals surface area contributed by atoms with E-state index in [9.17, 15) is 9.59 Å². The Bertz CT molecular complexity index is 727. The van der Waals surface area contributed by atoms with Gasteiger partial charge in [-0.1, -0.05) is 30.3 Å². The first-order chi connectivity index (χ1) is 13.0. The van der Waals surface area contributed by atoms with E-state index in [0.717, 1.165) is 17.9 Å². The second-order valence-electron chi connectivity index (χ2n) is 6.82. The number of likely N-dealkylation sites (N-methyl/N-ethyl adjacent to an activating group) is 1. The highest BCUT2D eigenvalue weighted by Crippen LogP contribution is 2.15. The standard InChI is InChI=1S/C22H28N2O3/c1-4-27-19-12-10-18(11-13-19)21(25)14-15-22(26)23-20(16-24(2)3)17-8-6-5-7-9-17/h5-13,20H,4,14-16H2,1-3H3,(H,23,26)/p+1/t20-/m1/s1. The smallest absolute Gasteiger partial charge is 0.221 e. The molecule has 27 heavy (non-hydrogen) atoms. The number of benzene rings is 2. The van der Waals surface area contributed by atoms with Crippen LogP contribution in [0.15, 0.2) is 54.6 Å². The van der Waals surface area contributed by atoms with Gasteiger partial charge in [-0.25, -0.2) is 0 Å². The summed E-state index contributed by atoms with van der Waals surface area (Å²) < 4.78 is 5.38. The Balaban J connectivity index is 1.90. The highest BCUT2D eigenvalue weighted by atomic mass is 16.5. The molecule has 0 aliphatic heterocycles. The van der Waals surface area contributed by atoms with Crippen molar-refractivity contribution in [2.75, 3.05) is 27.2 Å². The molecule has 0 aliphatic rings. The van der Waals surface area contributed by atoms with E-state index in [1.54, 1.807) is 24.3 Å². The van der Waals surface area contributed by atoms with Crippen LogP contribution in [0.2, 0.25) is 0 Å². The molecule has 5 nitrogen and oxygen atoms in total. The molecule has 0 fully saturated rings. The number of hydrogen-bond donors (Lipinski definition) is 2. The van der Waals surface area contributed by atoms with Crippen molar-refractivity contribution in [3.8, 4) is 5.75 Å². The van der Waals surface area contributed by atoms with E-state index in [-0.39, 0.29) is 30.6 Å². The molecular weight excluding hydrogens is 340 g/mol. The molecule has 5 heteroatoms. The predicted molar refractivity (Wildman–Crippen MR) is 106 cm³/mol. The van der Waals surface area contributed by atoms with Crippen LogP contribution in [0.5, 0.6) is 5.75 Å². The van der Waals surface area contributed by atoms with E-state index in [2.05, 4.69) is 19.4 Å². The molecule has 1 atom stereocenters. The Morgan fingerprint density at radius 1 is 1.00 bits per heavy atom. The summed E-state index contributed by atoms with van der Waals surface area (Å²) in [6.07, 6.45) is 0.369. The van der Waals surface area contributed by atoms with E-state index in [1.165, 1.54) is 4.90 Å². The number of ketones is 1. The maximum Gasteiger partial charge on any atom is 0.221 e. The lowest BCUT2D eigenvalue weighted by Crippen LogP contribution is -3.06. The molecule has 0 aromatic heterocycles. The summed E-state index contributed by atoms with van der Waals surface area (Å²) in [4.78, 5) is 26.0. The van der Waals surface area contributed by atoms with Crippen molar-refractivity contribution in [3.63, 3.8) is 0 Å². The van der Waals surface area contributed by atoms with Crippen LogP contribution in [0.25, 0.3) is 0 Å². The van der Waals surface area contributed by atoms with Crippen molar-refractivity contribution in [1.82, 2.24) is 5.32 Å². The minimum atomic E-state index is -0.107. The molecule has 0 heterocycles. The average Bonchev–Trinajstić information content (AvgIpc) is 2.67. The largest absolute Gasteiger partial charge is 0.494 e. The highest BCUT2D eigenvalue weighted by molar-refractivity contribution is 5.98. The van der Waals surface area contributed by atoms with E-state index < -0.39 is 0 Å². The van der Waals surface area contributed by atoms with Gasteiger partial charge in [-0.15, -0.1) is 0 Å². The third-order valence-electron chi connectivity index (χ3n) is 4.22. The number of rotatable bonds is 10. The summed E-state index contributed by atoms with van der Waals surface area (Å²) in [7, 11) is 4.11. The molecule has 1 amide bonds. The SMILES string of the molecule is CCOc1ccc(C(=O)CCC(=O)N[C@H](C[NH+](C)C)c2ccccc2)cc1. The lowest BCUT2D eigenvalue weighted by molar-refractivity contribution is -0.860. The van der Waals surface area contributed by atoms with Crippen LogP contribution in [-0.2, 0) is 4.79 Å². The number of hydrogen-bond acceptors (Lipinski definition) is 3. The number of ether oxygens (including phenoxy) is 1. The quantitative estimate of drug-likeness (QED) is 0.630. The van der Waals surface area contributed by atoms with Crippen molar-refractivity contribution in [2.45, 2.75) is 25.8 Å². The van der Waals surface area contributed by atoms with Gasteiger partial charge in [0, 0.05) is 18.4 Å². The Hall–Kier alpha value is -2.66. The summed E-state index contributed by atoms with van der Waals surface area (Å²) in [6, 6.07) is 16.9. The van der Waals surface area contributed by atoms with Gasteiger partial charge in [-0.05, 0) is 36.8 Å². The van der Waals surface area contributed by atoms with Crippen molar-refractivity contribution in [3.05, 3.63) is 65.7 Å². The summed E-state index contributed by atoms with van der Waals surface area (Å²) in [5, 5.41) is 3.07. The molecular formula is C22H29N2O3+. The molecule has 0 spiro atoms. The fraction of sp³-hybridized carbons (Fsp3) is 0.364. The first-order valence-corrected chi connectivity index (χ1v) is 9.39.